The normalized spacial score (nSPS) is 30.4. The summed E-state index contributed by atoms with van der Waals surface area (Å²) in [6.07, 6.45) is 2.76. The zero-order chi connectivity index (χ0) is 11.8. The molecule has 0 heterocycles. The lowest BCUT2D eigenvalue weighted by atomic mass is 9.76. The Kier molecular flexibility index (Phi) is 3.00. The van der Waals surface area contributed by atoms with Crippen LogP contribution in [0.1, 0.15) is 36.8 Å². The Balaban J connectivity index is 2.25. The second kappa shape index (κ2) is 4.15. The number of hydrogen-bond donors (Lipinski definition) is 2. The summed E-state index contributed by atoms with van der Waals surface area (Å²) in [7, 11) is 0. The number of rotatable bonds is 1. The van der Waals surface area contributed by atoms with Crippen molar-refractivity contribution in [3.8, 4) is 0 Å². The Bertz CT molecular complexity index is 384. The number of halogens is 1. The fraction of sp³-hybridized carbons (Fsp3) is 0.538. The SMILES string of the molecule is Cc1cc(C2(N)CCC(O)CC2)ccc1F. The highest BCUT2D eigenvalue weighted by atomic mass is 19.1. The van der Waals surface area contributed by atoms with Crippen molar-refractivity contribution < 1.29 is 9.50 Å². The van der Waals surface area contributed by atoms with Crippen LogP contribution in [-0.2, 0) is 5.54 Å². The summed E-state index contributed by atoms with van der Waals surface area (Å²) in [5, 5.41) is 9.47. The van der Waals surface area contributed by atoms with E-state index >= 15 is 0 Å². The smallest absolute Gasteiger partial charge is 0.126 e. The van der Waals surface area contributed by atoms with E-state index < -0.39 is 5.54 Å². The highest BCUT2D eigenvalue weighted by Crippen LogP contribution is 2.35. The van der Waals surface area contributed by atoms with Crippen molar-refractivity contribution >= 4 is 0 Å². The predicted octanol–water partition coefficient (Wildman–Crippen LogP) is 2.22. The van der Waals surface area contributed by atoms with E-state index in [4.69, 9.17) is 5.73 Å². The average molecular weight is 223 g/mol. The maximum absolute atomic E-state index is 13.2. The van der Waals surface area contributed by atoms with Crippen molar-refractivity contribution in [1.29, 1.82) is 0 Å². The number of hydrogen-bond acceptors (Lipinski definition) is 2. The molecule has 0 amide bonds. The number of nitrogens with two attached hydrogens (primary N) is 1. The Morgan fingerprint density at radius 3 is 2.56 bits per heavy atom. The first kappa shape index (κ1) is 11.6. The molecule has 3 heteroatoms. The Morgan fingerprint density at radius 1 is 1.38 bits per heavy atom. The second-order valence-corrected chi connectivity index (χ2v) is 4.85. The van der Waals surface area contributed by atoms with Gasteiger partial charge in [-0.1, -0.05) is 12.1 Å². The molecule has 1 aliphatic carbocycles. The molecular formula is C13H18FNO. The molecular weight excluding hydrogens is 205 g/mol. The van der Waals surface area contributed by atoms with Crippen LogP contribution in [-0.4, -0.2) is 11.2 Å². The summed E-state index contributed by atoms with van der Waals surface area (Å²) in [6.45, 7) is 1.75. The molecule has 1 aromatic rings. The van der Waals surface area contributed by atoms with Crippen LogP contribution in [0.15, 0.2) is 18.2 Å². The molecule has 2 nitrogen and oxygen atoms in total. The first-order valence-electron chi connectivity index (χ1n) is 5.75. The Hall–Kier alpha value is -0.930. The van der Waals surface area contributed by atoms with E-state index in [1.54, 1.807) is 13.0 Å². The number of benzene rings is 1. The van der Waals surface area contributed by atoms with E-state index in [1.165, 1.54) is 6.07 Å². The molecule has 1 saturated carbocycles. The van der Waals surface area contributed by atoms with Crippen molar-refractivity contribution in [2.45, 2.75) is 44.2 Å². The molecule has 0 spiro atoms. The number of aliphatic hydroxyl groups excluding tert-OH is 1. The van der Waals surface area contributed by atoms with E-state index in [0.717, 1.165) is 31.2 Å². The molecule has 0 atom stereocenters. The first-order chi connectivity index (χ1) is 7.51. The minimum absolute atomic E-state index is 0.191. The highest BCUT2D eigenvalue weighted by Gasteiger charge is 2.32. The second-order valence-electron chi connectivity index (χ2n) is 4.85. The topological polar surface area (TPSA) is 46.2 Å². The minimum atomic E-state index is -0.391. The van der Waals surface area contributed by atoms with Gasteiger partial charge in [-0.05, 0) is 49.8 Å². The third kappa shape index (κ3) is 2.11. The third-order valence-corrected chi connectivity index (χ3v) is 3.58. The van der Waals surface area contributed by atoms with E-state index in [0.29, 0.717) is 5.56 Å². The van der Waals surface area contributed by atoms with Crippen LogP contribution in [0.3, 0.4) is 0 Å². The van der Waals surface area contributed by atoms with Crippen LogP contribution in [0.25, 0.3) is 0 Å². The van der Waals surface area contributed by atoms with Crippen molar-refractivity contribution in [3.05, 3.63) is 35.1 Å². The van der Waals surface area contributed by atoms with Crippen LogP contribution in [0.4, 0.5) is 4.39 Å². The lowest BCUT2D eigenvalue weighted by molar-refractivity contribution is 0.0969. The summed E-state index contributed by atoms with van der Waals surface area (Å²) in [5.74, 6) is -0.191. The Morgan fingerprint density at radius 2 is 2.00 bits per heavy atom. The maximum atomic E-state index is 13.2. The van der Waals surface area contributed by atoms with Crippen molar-refractivity contribution in [2.75, 3.05) is 0 Å². The fourth-order valence-electron chi connectivity index (χ4n) is 2.36. The summed E-state index contributed by atoms with van der Waals surface area (Å²) in [4.78, 5) is 0. The largest absolute Gasteiger partial charge is 0.393 e. The average Bonchev–Trinajstić information content (AvgIpc) is 2.26. The zero-order valence-electron chi connectivity index (χ0n) is 9.54. The number of aryl methyl sites for hydroxylation is 1. The van der Waals surface area contributed by atoms with Crippen molar-refractivity contribution in [3.63, 3.8) is 0 Å². The fourth-order valence-corrected chi connectivity index (χ4v) is 2.36. The monoisotopic (exact) mass is 223 g/mol. The molecule has 3 N–H and O–H groups in total. The summed E-state index contributed by atoms with van der Waals surface area (Å²) < 4.78 is 13.2. The zero-order valence-corrected chi connectivity index (χ0v) is 9.54. The molecule has 0 aromatic heterocycles. The standard InChI is InChI=1S/C13H18FNO/c1-9-8-10(2-3-12(9)14)13(15)6-4-11(16)5-7-13/h2-3,8,11,16H,4-7,15H2,1H3. The van der Waals surface area contributed by atoms with E-state index in [9.17, 15) is 9.50 Å². The molecule has 2 rings (SSSR count). The van der Waals surface area contributed by atoms with Crippen LogP contribution in [0.2, 0.25) is 0 Å². The van der Waals surface area contributed by atoms with Crippen LogP contribution >= 0.6 is 0 Å². The van der Waals surface area contributed by atoms with Gasteiger partial charge in [0.2, 0.25) is 0 Å². The lowest BCUT2D eigenvalue weighted by Gasteiger charge is -2.36. The van der Waals surface area contributed by atoms with Gasteiger partial charge < -0.3 is 10.8 Å². The lowest BCUT2D eigenvalue weighted by Crippen LogP contribution is -2.41. The van der Waals surface area contributed by atoms with Gasteiger partial charge in [-0.3, -0.25) is 0 Å². The molecule has 0 radical (unpaired) electrons. The van der Waals surface area contributed by atoms with Gasteiger partial charge in [-0.25, -0.2) is 4.39 Å². The van der Waals surface area contributed by atoms with Gasteiger partial charge in [0.1, 0.15) is 5.82 Å². The van der Waals surface area contributed by atoms with Crippen molar-refractivity contribution in [2.24, 2.45) is 5.73 Å². The van der Waals surface area contributed by atoms with Gasteiger partial charge in [0, 0.05) is 5.54 Å². The summed E-state index contributed by atoms with van der Waals surface area (Å²) in [6, 6.07) is 5.07. The molecule has 0 bridgehead atoms. The summed E-state index contributed by atoms with van der Waals surface area (Å²) in [5.41, 5.74) is 7.55. The quantitative estimate of drug-likeness (QED) is 0.767. The van der Waals surface area contributed by atoms with Gasteiger partial charge >= 0.3 is 0 Å². The Labute approximate surface area is 95.3 Å². The van der Waals surface area contributed by atoms with Gasteiger partial charge in [0.05, 0.1) is 6.10 Å². The maximum Gasteiger partial charge on any atom is 0.126 e. The first-order valence-corrected chi connectivity index (χ1v) is 5.75. The minimum Gasteiger partial charge on any atom is -0.393 e. The predicted molar refractivity (Wildman–Crippen MR) is 61.5 cm³/mol. The van der Waals surface area contributed by atoms with E-state index in [-0.39, 0.29) is 11.9 Å². The third-order valence-electron chi connectivity index (χ3n) is 3.58. The molecule has 0 unspecified atom stereocenters. The van der Waals surface area contributed by atoms with Crippen molar-refractivity contribution in [1.82, 2.24) is 0 Å². The molecule has 1 aromatic carbocycles. The number of aliphatic hydroxyl groups is 1. The van der Waals surface area contributed by atoms with Gasteiger partial charge in [0.15, 0.2) is 0 Å². The van der Waals surface area contributed by atoms with Crippen LogP contribution < -0.4 is 5.73 Å². The molecule has 88 valence electrons. The highest BCUT2D eigenvalue weighted by molar-refractivity contribution is 5.30. The summed E-state index contributed by atoms with van der Waals surface area (Å²) >= 11 is 0. The van der Waals surface area contributed by atoms with Crippen LogP contribution in [0.5, 0.6) is 0 Å². The molecule has 16 heavy (non-hydrogen) atoms. The van der Waals surface area contributed by atoms with Gasteiger partial charge in [-0.15, -0.1) is 0 Å². The molecule has 1 aliphatic rings. The van der Waals surface area contributed by atoms with E-state index in [2.05, 4.69) is 0 Å². The van der Waals surface area contributed by atoms with E-state index in [1.807, 2.05) is 6.07 Å². The van der Waals surface area contributed by atoms with Gasteiger partial charge in [0.25, 0.3) is 0 Å². The van der Waals surface area contributed by atoms with Gasteiger partial charge in [-0.2, -0.15) is 0 Å². The molecule has 0 aliphatic heterocycles. The molecule has 1 fully saturated rings. The molecule has 0 saturated heterocycles. The van der Waals surface area contributed by atoms with Crippen LogP contribution in [0, 0.1) is 12.7 Å².